The van der Waals surface area contributed by atoms with Gasteiger partial charge in [-0.1, -0.05) is 39.0 Å². The van der Waals surface area contributed by atoms with Gasteiger partial charge in [-0.25, -0.2) is 4.98 Å². The highest BCUT2D eigenvalue weighted by Crippen LogP contribution is 2.29. The maximum absolute atomic E-state index is 5.81. The number of benzene rings is 1. The maximum Gasteiger partial charge on any atom is 0.219 e. The summed E-state index contributed by atoms with van der Waals surface area (Å²) in [6, 6.07) is 12.0. The van der Waals surface area contributed by atoms with Gasteiger partial charge in [-0.05, 0) is 42.0 Å². The van der Waals surface area contributed by atoms with E-state index in [-0.39, 0.29) is 11.5 Å². The molecule has 0 aliphatic heterocycles. The number of hydrogen-bond donors (Lipinski definition) is 1. The second-order valence-corrected chi connectivity index (χ2v) is 6.08. The van der Waals surface area contributed by atoms with Crippen molar-refractivity contribution in [2.75, 3.05) is 0 Å². The molecule has 2 N–H and O–H groups in total. The van der Waals surface area contributed by atoms with Crippen molar-refractivity contribution in [1.82, 2.24) is 4.98 Å². The monoisotopic (exact) mass is 284 g/mol. The average Bonchev–Trinajstić information content (AvgIpc) is 2.48. The fourth-order valence-electron chi connectivity index (χ4n) is 2.02. The van der Waals surface area contributed by atoms with E-state index in [1.54, 1.807) is 6.20 Å². The Morgan fingerprint density at radius 1 is 1.14 bits per heavy atom. The summed E-state index contributed by atoms with van der Waals surface area (Å²) in [7, 11) is 0. The number of pyridine rings is 1. The van der Waals surface area contributed by atoms with Gasteiger partial charge in [-0.2, -0.15) is 0 Å². The minimum Gasteiger partial charge on any atom is -0.439 e. The summed E-state index contributed by atoms with van der Waals surface area (Å²) in [4.78, 5) is 4.28. The Morgan fingerprint density at radius 3 is 2.29 bits per heavy atom. The zero-order valence-corrected chi connectivity index (χ0v) is 13.3. The average molecular weight is 284 g/mol. The van der Waals surface area contributed by atoms with E-state index in [2.05, 4.69) is 37.9 Å². The molecule has 1 atom stereocenters. The molecule has 0 aliphatic rings. The third kappa shape index (κ3) is 3.82. The summed E-state index contributed by atoms with van der Waals surface area (Å²) < 4.78 is 5.76. The normalized spacial score (nSPS) is 13.0. The largest absolute Gasteiger partial charge is 0.439 e. The highest BCUT2D eigenvalue weighted by molar-refractivity contribution is 5.34. The van der Waals surface area contributed by atoms with Crippen LogP contribution in [0, 0.1) is 0 Å². The van der Waals surface area contributed by atoms with Crippen LogP contribution in [0.2, 0.25) is 0 Å². The molecule has 2 rings (SSSR count). The van der Waals surface area contributed by atoms with E-state index in [1.165, 1.54) is 5.56 Å². The SMILES string of the molecule is CCC(C)(C)c1ccc(Oc2ccc(C(C)N)cn2)cc1. The zero-order chi connectivity index (χ0) is 15.5. The van der Waals surface area contributed by atoms with Gasteiger partial charge in [-0.15, -0.1) is 0 Å². The van der Waals surface area contributed by atoms with Crippen LogP contribution in [0.3, 0.4) is 0 Å². The number of ether oxygens (including phenoxy) is 1. The summed E-state index contributed by atoms with van der Waals surface area (Å²) in [5.74, 6) is 1.38. The van der Waals surface area contributed by atoms with Gasteiger partial charge in [0.25, 0.3) is 0 Å². The molecular formula is C18H24N2O. The number of aromatic nitrogens is 1. The Kier molecular flexibility index (Phi) is 4.63. The van der Waals surface area contributed by atoms with E-state index >= 15 is 0 Å². The summed E-state index contributed by atoms with van der Waals surface area (Å²) in [6.45, 7) is 8.63. The summed E-state index contributed by atoms with van der Waals surface area (Å²) in [6.07, 6.45) is 2.86. The van der Waals surface area contributed by atoms with Gasteiger partial charge < -0.3 is 10.5 Å². The molecule has 0 bridgehead atoms. The predicted octanol–water partition coefficient (Wildman–Crippen LogP) is 4.58. The zero-order valence-electron chi connectivity index (χ0n) is 13.3. The van der Waals surface area contributed by atoms with Gasteiger partial charge >= 0.3 is 0 Å². The van der Waals surface area contributed by atoms with Crippen LogP contribution in [0.1, 0.15) is 51.3 Å². The molecule has 1 unspecified atom stereocenters. The van der Waals surface area contributed by atoms with Crippen LogP contribution >= 0.6 is 0 Å². The van der Waals surface area contributed by atoms with E-state index in [1.807, 2.05) is 31.2 Å². The molecule has 1 aromatic heterocycles. The molecule has 0 aliphatic carbocycles. The second-order valence-electron chi connectivity index (χ2n) is 6.08. The molecule has 3 nitrogen and oxygen atoms in total. The van der Waals surface area contributed by atoms with Crippen LogP contribution in [-0.4, -0.2) is 4.98 Å². The Balaban J connectivity index is 2.10. The molecule has 0 saturated carbocycles. The molecule has 0 saturated heterocycles. The van der Waals surface area contributed by atoms with Crippen molar-refractivity contribution in [3.05, 3.63) is 53.7 Å². The van der Waals surface area contributed by atoms with E-state index in [0.717, 1.165) is 17.7 Å². The van der Waals surface area contributed by atoms with Crippen molar-refractivity contribution < 1.29 is 4.74 Å². The quantitative estimate of drug-likeness (QED) is 0.874. The van der Waals surface area contributed by atoms with Gasteiger partial charge in [0.05, 0.1) is 0 Å². The molecule has 1 aromatic carbocycles. The van der Waals surface area contributed by atoms with E-state index in [9.17, 15) is 0 Å². The van der Waals surface area contributed by atoms with Gasteiger partial charge in [0.2, 0.25) is 5.88 Å². The minimum absolute atomic E-state index is 0.0119. The van der Waals surface area contributed by atoms with Crippen molar-refractivity contribution >= 4 is 0 Å². The van der Waals surface area contributed by atoms with Gasteiger partial charge in [0.15, 0.2) is 0 Å². The number of nitrogens with zero attached hydrogens (tertiary/aromatic N) is 1. The Hall–Kier alpha value is -1.87. The first-order valence-electron chi connectivity index (χ1n) is 7.42. The molecule has 0 amide bonds. The number of nitrogens with two attached hydrogens (primary N) is 1. The summed E-state index contributed by atoms with van der Waals surface area (Å²) >= 11 is 0. The van der Waals surface area contributed by atoms with E-state index < -0.39 is 0 Å². The molecule has 2 aromatic rings. The molecule has 112 valence electrons. The second kappa shape index (κ2) is 6.27. The lowest BCUT2D eigenvalue weighted by molar-refractivity contribution is 0.460. The van der Waals surface area contributed by atoms with Gasteiger partial charge in [0, 0.05) is 18.3 Å². The lowest BCUT2D eigenvalue weighted by atomic mass is 9.82. The first-order chi connectivity index (χ1) is 9.92. The van der Waals surface area contributed by atoms with Crippen molar-refractivity contribution in [3.63, 3.8) is 0 Å². The van der Waals surface area contributed by atoms with Gasteiger partial charge in [-0.3, -0.25) is 0 Å². The minimum atomic E-state index is -0.0119. The maximum atomic E-state index is 5.81. The van der Waals surface area contributed by atoms with Crippen LogP contribution < -0.4 is 10.5 Å². The van der Waals surface area contributed by atoms with Crippen LogP contribution in [0.5, 0.6) is 11.6 Å². The molecule has 3 heteroatoms. The molecule has 1 heterocycles. The molecule has 0 fully saturated rings. The Labute approximate surface area is 127 Å². The predicted molar refractivity (Wildman–Crippen MR) is 86.7 cm³/mol. The van der Waals surface area contributed by atoms with Crippen molar-refractivity contribution in [3.8, 4) is 11.6 Å². The Bertz CT molecular complexity index is 571. The topological polar surface area (TPSA) is 48.1 Å². The third-order valence-corrected chi connectivity index (χ3v) is 4.03. The van der Waals surface area contributed by atoms with Crippen molar-refractivity contribution in [2.45, 2.75) is 45.6 Å². The highest BCUT2D eigenvalue weighted by atomic mass is 16.5. The van der Waals surface area contributed by atoms with Gasteiger partial charge in [0.1, 0.15) is 5.75 Å². The van der Waals surface area contributed by atoms with E-state index in [0.29, 0.717) is 5.88 Å². The number of hydrogen-bond acceptors (Lipinski definition) is 3. The molecule has 0 radical (unpaired) electrons. The number of rotatable bonds is 5. The van der Waals surface area contributed by atoms with Crippen LogP contribution in [-0.2, 0) is 5.41 Å². The molecular weight excluding hydrogens is 260 g/mol. The fraction of sp³-hybridized carbons (Fsp3) is 0.389. The van der Waals surface area contributed by atoms with Crippen LogP contribution in [0.4, 0.5) is 0 Å². The molecule has 0 spiro atoms. The van der Waals surface area contributed by atoms with E-state index in [4.69, 9.17) is 10.5 Å². The smallest absolute Gasteiger partial charge is 0.219 e. The first-order valence-corrected chi connectivity index (χ1v) is 7.42. The lowest BCUT2D eigenvalue weighted by Gasteiger charge is -2.23. The fourth-order valence-corrected chi connectivity index (χ4v) is 2.02. The highest BCUT2D eigenvalue weighted by Gasteiger charge is 2.17. The van der Waals surface area contributed by atoms with Crippen molar-refractivity contribution in [1.29, 1.82) is 0 Å². The standard InChI is InChI=1S/C18H24N2O/c1-5-18(3,4)15-7-9-16(10-8-15)21-17-11-6-14(12-20-17)13(2)19/h6-13H,5,19H2,1-4H3. The van der Waals surface area contributed by atoms with Crippen LogP contribution in [0.25, 0.3) is 0 Å². The third-order valence-electron chi connectivity index (χ3n) is 4.03. The van der Waals surface area contributed by atoms with Crippen LogP contribution in [0.15, 0.2) is 42.6 Å². The van der Waals surface area contributed by atoms with Crippen molar-refractivity contribution in [2.24, 2.45) is 5.73 Å². The summed E-state index contributed by atoms with van der Waals surface area (Å²) in [5, 5.41) is 0. The molecule has 21 heavy (non-hydrogen) atoms. The lowest BCUT2D eigenvalue weighted by Crippen LogP contribution is -2.14. The Morgan fingerprint density at radius 2 is 1.81 bits per heavy atom. The summed E-state index contributed by atoms with van der Waals surface area (Å²) in [5.41, 5.74) is 8.32. The first kappa shape index (κ1) is 15.5.